The summed E-state index contributed by atoms with van der Waals surface area (Å²) in [4.78, 5) is 13.3. The van der Waals surface area contributed by atoms with E-state index in [0.717, 1.165) is 57.8 Å². The minimum absolute atomic E-state index is 0.247. The summed E-state index contributed by atoms with van der Waals surface area (Å²) in [7, 11) is 0. The minimum Gasteiger partial charge on any atom is -0.394 e. The summed E-state index contributed by atoms with van der Waals surface area (Å²) in [5, 5.41) is 120. The van der Waals surface area contributed by atoms with Crippen molar-refractivity contribution in [1.82, 2.24) is 5.32 Å². The molecule has 12 N–H and O–H groups in total. The van der Waals surface area contributed by atoms with Gasteiger partial charge in [0.05, 0.1) is 38.6 Å². The van der Waals surface area contributed by atoms with Crippen LogP contribution in [0.25, 0.3) is 0 Å². The molecule has 0 aromatic heterocycles. The topological polar surface area (TPSA) is 307 Å². The molecule has 0 bridgehead atoms. The second-order valence-corrected chi connectivity index (χ2v) is 22.2. The Kier molecular flexibility index (Phi) is 38.9. The molecule has 19 nitrogen and oxygen atoms in total. The van der Waals surface area contributed by atoms with Gasteiger partial charge < -0.3 is 89.9 Å². The van der Waals surface area contributed by atoms with Crippen molar-refractivity contribution in [2.24, 2.45) is 0 Å². The van der Waals surface area contributed by atoms with Gasteiger partial charge >= 0.3 is 0 Å². The SMILES string of the molecule is CCCCCCC/C=C\C/C=C\CCCCCCCCCCCCCC(=O)NC(COC1OC(CO)C(OC2OC(CO)C(OC3OC(CO)C(O)C(O)C3O)C(O)C2O)C(O)C1O)C(O)CCCCCCCCCCCC. The summed E-state index contributed by atoms with van der Waals surface area (Å²) in [6.45, 7) is 1.75. The fraction of sp³-hybridized carbons (Fsp3) is 0.915. The molecule has 17 atom stereocenters. The van der Waals surface area contributed by atoms with E-state index in [-0.39, 0.29) is 18.9 Å². The Morgan fingerprint density at radius 3 is 1.31 bits per heavy atom. The van der Waals surface area contributed by atoms with Crippen LogP contribution < -0.4 is 5.32 Å². The van der Waals surface area contributed by atoms with Gasteiger partial charge in [0.1, 0.15) is 73.2 Å². The molecule has 78 heavy (non-hydrogen) atoms. The van der Waals surface area contributed by atoms with Crippen LogP contribution in [-0.4, -0.2) is 193 Å². The molecule has 1 amide bonds. The number of rotatable bonds is 45. The van der Waals surface area contributed by atoms with Crippen LogP contribution in [0.5, 0.6) is 0 Å². The predicted octanol–water partition coefficient (Wildman–Crippen LogP) is 5.54. The highest BCUT2D eigenvalue weighted by Crippen LogP contribution is 2.33. The van der Waals surface area contributed by atoms with E-state index >= 15 is 0 Å². The second kappa shape index (κ2) is 43.0. The molecule has 3 aliphatic rings. The van der Waals surface area contributed by atoms with Crippen LogP contribution in [0.1, 0.15) is 213 Å². The number of hydrogen-bond acceptors (Lipinski definition) is 18. The maximum atomic E-state index is 13.3. The number of hydrogen-bond donors (Lipinski definition) is 12. The summed E-state index contributed by atoms with van der Waals surface area (Å²) in [5.41, 5.74) is 0. The zero-order valence-electron chi connectivity index (χ0n) is 47.7. The van der Waals surface area contributed by atoms with E-state index < -0.39 is 124 Å². The molecule has 19 heteroatoms. The van der Waals surface area contributed by atoms with Crippen molar-refractivity contribution in [3.05, 3.63) is 24.3 Å². The first-order chi connectivity index (χ1) is 37.8. The number of carbonyl (C=O) groups excluding carboxylic acids is 1. The van der Waals surface area contributed by atoms with Crippen molar-refractivity contribution >= 4 is 5.91 Å². The van der Waals surface area contributed by atoms with Crippen LogP contribution in [-0.2, 0) is 33.2 Å². The van der Waals surface area contributed by atoms with Gasteiger partial charge in [-0.1, -0.05) is 186 Å². The Hall–Kier alpha value is -1.73. The molecule has 0 aromatic carbocycles. The molecule has 3 rings (SSSR count). The molecule has 0 aromatic rings. The van der Waals surface area contributed by atoms with E-state index in [9.17, 15) is 61.0 Å². The highest BCUT2D eigenvalue weighted by Gasteiger charge is 2.53. The molecular weight excluding hydrogens is 1010 g/mol. The zero-order chi connectivity index (χ0) is 56.9. The van der Waals surface area contributed by atoms with Crippen molar-refractivity contribution in [3.8, 4) is 0 Å². The average molecular weight is 1120 g/mol. The fourth-order valence-electron chi connectivity index (χ4n) is 10.5. The zero-order valence-corrected chi connectivity index (χ0v) is 47.7. The maximum Gasteiger partial charge on any atom is 0.220 e. The van der Waals surface area contributed by atoms with Crippen LogP contribution in [0.15, 0.2) is 24.3 Å². The number of unbranched alkanes of at least 4 members (excludes halogenated alkanes) is 25. The molecule has 3 aliphatic heterocycles. The first kappa shape index (κ1) is 70.5. The van der Waals surface area contributed by atoms with Gasteiger partial charge in [-0.05, 0) is 44.9 Å². The van der Waals surface area contributed by atoms with Crippen LogP contribution in [0.3, 0.4) is 0 Å². The standard InChI is InChI=1S/C59H109NO18/c1-3-5-7-9-11-13-15-16-17-18-19-20-21-22-23-24-25-26-27-29-31-33-35-37-47(65)60-42(43(64)36-34-32-30-28-14-12-10-8-6-4-2)41-73-57-53(71)50(68)55(45(39-62)75-57)78-59-54(72)51(69)56(46(40-63)76-59)77-58-52(70)49(67)48(66)44(38-61)74-58/h15-16,18-19,42-46,48-59,61-64,66-72H,3-14,17,20-41H2,1-2H3,(H,60,65)/b16-15-,19-18-. The molecule has 3 heterocycles. The smallest absolute Gasteiger partial charge is 0.220 e. The van der Waals surface area contributed by atoms with Gasteiger partial charge in [-0.2, -0.15) is 0 Å². The van der Waals surface area contributed by atoms with Gasteiger partial charge in [0.2, 0.25) is 5.91 Å². The molecule has 0 spiro atoms. The van der Waals surface area contributed by atoms with E-state index in [1.54, 1.807) is 0 Å². The third-order valence-corrected chi connectivity index (χ3v) is 15.5. The van der Waals surface area contributed by atoms with E-state index in [1.165, 1.54) is 122 Å². The van der Waals surface area contributed by atoms with Crippen LogP contribution in [0.2, 0.25) is 0 Å². The van der Waals surface area contributed by atoms with Crippen molar-refractivity contribution in [3.63, 3.8) is 0 Å². The molecule has 0 aliphatic carbocycles. The molecule has 458 valence electrons. The van der Waals surface area contributed by atoms with Crippen LogP contribution in [0.4, 0.5) is 0 Å². The Bertz CT molecular complexity index is 1530. The summed E-state index contributed by atoms with van der Waals surface area (Å²) >= 11 is 0. The summed E-state index contributed by atoms with van der Waals surface area (Å²) in [5.74, 6) is -0.247. The Morgan fingerprint density at radius 2 is 0.846 bits per heavy atom. The lowest BCUT2D eigenvalue weighted by Gasteiger charge is -2.48. The third-order valence-electron chi connectivity index (χ3n) is 15.5. The normalized spacial score (nSPS) is 30.6. The lowest BCUT2D eigenvalue weighted by atomic mass is 9.96. The van der Waals surface area contributed by atoms with E-state index in [1.807, 2.05) is 0 Å². The molecule has 0 radical (unpaired) electrons. The summed E-state index contributed by atoms with van der Waals surface area (Å²) in [6.07, 6.45) is 17.1. The molecule has 17 unspecified atom stereocenters. The van der Waals surface area contributed by atoms with Crippen molar-refractivity contribution in [2.75, 3.05) is 26.4 Å². The number of aliphatic hydroxyl groups is 11. The molecule has 3 fully saturated rings. The Balaban J connectivity index is 1.44. The van der Waals surface area contributed by atoms with Crippen LogP contribution >= 0.6 is 0 Å². The first-order valence-corrected chi connectivity index (χ1v) is 30.6. The van der Waals surface area contributed by atoms with Gasteiger partial charge in [0.15, 0.2) is 18.9 Å². The predicted molar refractivity (Wildman–Crippen MR) is 296 cm³/mol. The number of allylic oxidation sites excluding steroid dienone is 4. The lowest BCUT2D eigenvalue weighted by molar-refractivity contribution is -0.379. The third kappa shape index (κ3) is 26.7. The van der Waals surface area contributed by atoms with Gasteiger partial charge in [0.25, 0.3) is 0 Å². The Labute approximate surface area is 467 Å². The largest absolute Gasteiger partial charge is 0.394 e. The number of amides is 1. The monoisotopic (exact) mass is 1120 g/mol. The minimum atomic E-state index is -1.97. The fourth-order valence-corrected chi connectivity index (χ4v) is 10.5. The van der Waals surface area contributed by atoms with E-state index in [4.69, 9.17) is 28.4 Å². The summed E-state index contributed by atoms with van der Waals surface area (Å²) in [6, 6.07) is -0.884. The second-order valence-electron chi connectivity index (χ2n) is 22.2. The Morgan fingerprint density at radius 1 is 0.462 bits per heavy atom. The number of carbonyl (C=O) groups is 1. The van der Waals surface area contributed by atoms with Gasteiger partial charge in [-0.15, -0.1) is 0 Å². The highest BCUT2D eigenvalue weighted by atomic mass is 16.8. The number of aliphatic hydroxyl groups excluding tert-OH is 11. The van der Waals surface area contributed by atoms with Gasteiger partial charge in [-0.3, -0.25) is 4.79 Å². The quantitative estimate of drug-likeness (QED) is 0.0263. The van der Waals surface area contributed by atoms with Crippen molar-refractivity contribution in [2.45, 2.75) is 317 Å². The molecular formula is C59H109NO18. The van der Waals surface area contributed by atoms with Gasteiger partial charge in [0, 0.05) is 6.42 Å². The number of nitrogens with one attached hydrogen (secondary N) is 1. The molecule has 3 saturated heterocycles. The van der Waals surface area contributed by atoms with Crippen molar-refractivity contribution in [1.29, 1.82) is 0 Å². The van der Waals surface area contributed by atoms with Gasteiger partial charge in [-0.25, -0.2) is 0 Å². The van der Waals surface area contributed by atoms with E-state index in [0.29, 0.717) is 12.8 Å². The lowest BCUT2D eigenvalue weighted by Crippen LogP contribution is -2.66. The molecule has 0 saturated carbocycles. The first-order valence-electron chi connectivity index (χ1n) is 30.6. The summed E-state index contributed by atoms with van der Waals surface area (Å²) < 4.78 is 34.3. The van der Waals surface area contributed by atoms with E-state index in [2.05, 4.69) is 43.5 Å². The van der Waals surface area contributed by atoms with Crippen molar-refractivity contribution < 1.29 is 89.4 Å². The van der Waals surface area contributed by atoms with Crippen LogP contribution in [0, 0.1) is 0 Å². The average Bonchev–Trinajstić information content (AvgIpc) is 3.49. The maximum absolute atomic E-state index is 13.3. The number of ether oxygens (including phenoxy) is 6. The highest BCUT2D eigenvalue weighted by molar-refractivity contribution is 5.76.